The van der Waals surface area contributed by atoms with Crippen LogP contribution >= 0.6 is 11.3 Å². The molecule has 3 aromatic rings. The number of aromatic nitrogens is 2. The summed E-state index contributed by atoms with van der Waals surface area (Å²) < 4.78 is 1.65. The molecule has 0 aliphatic carbocycles. The van der Waals surface area contributed by atoms with Gasteiger partial charge in [-0.3, -0.25) is 9.20 Å². The predicted molar refractivity (Wildman–Crippen MR) is 82.1 cm³/mol. The van der Waals surface area contributed by atoms with Crippen molar-refractivity contribution in [2.45, 2.75) is 19.9 Å². The lowest BCUT2D eigenvalue weighted by atomic mass is 10.0. The van der Waals surface area contributed by atoms with Crippen LogP contribution in [0.5, 0.6) is 0 Å². The van der Waals surface area contributed by atoms with Crippen LogP contribution in [-0.4, -0.2) is 9.38 Å². The van der Waals surface area contributed by atoms with Gasteiger partial charge in [-0.1, -0.05) is 30.3 Å². The van der Waals surface area contributed by atoms with Crippen molar-refractivity contribution < 1.29 is 0 Å². The molecule has 0 amide bonds. The topological polar surface area (TPSA) is 60.4 Å². The van der Waals surface area contributed by atoms with Gasteiger partial charge in [-0.2, -0.15) is 0 Å². The van der Waals surface area contributed by atoms with Gasteiger partial charge in [0.15, 0.2) is 4.96 Å². The van der Waals surface area contributed by atoms with E-state index in [1.54, 1.807) is 4.40 Å². The van der Waals surface area contributed by atoms with Gasteiger partial charge in [0.25, 0.3) is 5.56 Å². The lowest BCUT2D eigenvalue weighted by molar-refractivity contribution is 0.778. The van der Waals surface area contributed by atoms with Crippen LogP contribution < -0.4 is 11.3 Å². The zero-order valence-corrected chi connectivity index (χ0v) is 12.1. The number of nitrogens with two attached hydrogens (primary N) is 1. The molecule has 1 atom stereocenters. The molecular weight excluding hydrogens is 270 g/mol. The largest absolute Gasteiger partial charge is 0.323 e. The maximum absolute atomic E-state index is 12.8. The van der Waals surface area contributed by atoms with Crippen molar-refractivity contribution in [3.8, 4) is 11.1 Å². The van der Waals surface area contributed by atoms with E-state index < -0.39 is 0 Å². The van der Waals surface area contributed by atoms with Crippen molar-refractivity contribution >= 4 is 16.3 Å². The fraction of sp³-hybridized carbons (Fsp3) is 0.200. The molecule has 0 bridgehead atoms. The molecule has 0 aliphatic rings. The summed E-state index contributed by atoms with van der Waals surface area (Å²) in [6.45, 7) is 3.76. The van der Waals surface area contributed by atoms with E-state index in [0.717, 1.165) is 11.3 Å². The zero-order chi connectivity index (χ0) is 14.3. The SMILES string of the molecule is Cc1csc2nc(C(C)N)c(-c3ccccc3)c(=O)n12. The number of benzene rings is 1. The first-order valence-electron chi connectivity index (χ1n) is 6.41. The molecule has 0 radical (unpaired) electrons. The van der Waals surface area contributed by atoms with Crippen LogP contribution in [0.2, 0.25) is 0 Å². The summed E-state index contributed by atoms with van der Waals surface area (Å²) in [6.07, 6.45) is 0. The highest BCUT2D eigenvalue weighted by molar-refractivity contribution is 7.15. The Labute approximate surface area is 120 Å². The van der Waals surface area contributed by atoms with E-state index in [-0.39, 0.29) is 11.6 Å². The van der Waals surface area contributed by atoms with Crippen LogP contribution in [0.25, 0.3) is 16.1 Å². The Hall–Kier alpha value is -1.98. The molecule has 20 heavy (non-hydrogen) atoms. The average Bonchev–Trinajstić information content (AvgIpc) is 2.81. The van der Waals surface area contributed by atoms with Crippen LogP contribution in [-0.2, 0) is 0 Å². The molecule has 2 N–H and O–H groups in total. The van der Waals surface area contributed by atoms with Crippen molar-refractivity contribution in [2.75, 3.05) is 0 Å². The smallest absolute Gasteiger partial charge is 0.266 e. The highest BCUT2D eigenvalue weighted by atomic mass is 32.1. The Kier molecular flexibility index (Phi) is 3.16. The van der Waals surface area contributed by atoms with Crippen LogP contribution in [0.1, 0.15) is 24.4 Å². The fourth-order valence-corrected chi connectivity index (χ4v) is 3.17. The Morgan fingerprint density at radius 2 is 2.00 bits per heavy atom. The van der Waals surface area contributed by atoms with Gasteiger partial charge in [0, 0.05) is 17.1 Å². The van der Waals surface area contributed by atoms with Crippen molar-refractivity contribution in [2.24, 2.45) is 5.73 Å². The second-order valence-electron chi connectivity index (χ2n) is 4.83. The number of nitrogens with zero attached hydrogens (tertiary/aromatic N) is 2. The molecule has 2 heterocycles. The van der Waals surface area contributed by atoms with Crippen LogP contribution in [0.15, 0.2) is 40.5 Å². The van der Waals surface area contributed by atoms with E-state index in [4.69, 9.17) is 5.73 Å². The third kappa shape index (κ3) is 1.95. The van der Waals surface area contributed by atoms with Gasteiger partial charge in [0.05, 0.1) is 11.3 Å². The van der Waals surface area contributed by atoms with E-state index in [2.05, 4.69) is 4.98 Å². The summed E-state index contributed by atoms with van der Waals surface area (Å²) in [6, 6.07) is 9.29. The van der Waals surface area contributed by atoms with Crippen LogP contribution in [0.4, 0.5) is 0 Å². The first-order valence-corrected chi connectivity index (χ1v) is 7.29. The number of rotatable bonds is 2. The first-order chi connectivity index (χ1) is 9.59. The summed E-state index contributed by atoms with van der Waals surface area (Å²) >= 11 is 1.46. The summed E-state index contributed by atoms with van der Waals surface area (Å²) in [5.41, 5.74) is 8.97. The highest BCUT2D eigenvalue weighted by Crippen LogP contribution is 2.24. The van der Waals surface area contributed by atoms with Crippen molar-refractivity contribution in [1.29, 1.82) is 0 Å². The minimum absolute atomic E-state index is 0.0488. The Bertz CT molecular complexity index is 818. The molecule has 0 aliphatic heterocycles. The average molecular weight is 285 g/mol. The molecule has 102 valence electrons. The van der Waals surface area contributed by atoms with Gasteiger partial charge in [0.2, 0.25) is 0 Å². The summed E-state index contributed by atoms with van der Waals surface area (Å²) in [5, 5.41) is 1.93. The standard InChI is InChI=1S/C15H15N3OS/c1-9-8-20-15-17-13(10(2)16)12(14(19)18(9)15)11-6-4-3-5-7-11/h3-8,10H,16H2,1-2H3. The summed E-state index contributed by atoms with van der Waals surface area (Å²) in [7, 11) is 0. The van der Waals surface area contributed by atoms with Gasteiger partial charge < -0.3 is 5.73 Å². The number of hydrogen-bond donors (Lipinski definition) is 1. The summed E-state index contributed by atoms with van der Waals surface area (Å²) in [4.78, 5) is 18.1. The second-order valence-corrected chi connectivity index (χ2v) is 5.66. The maximum atomic E-state index is 12.8. The molecule has 5 heteroatoms. The molecular formula is C15H15N3OS. The van der Waals surface area contributed by atoms with E-state index in [1.807, 2.05) is 49.6 Å². The molecule has 2 aromatic heterocycles. The lowest BCUT2D eigenvalue weighted by Crippen LogP contribution is -2.22. The Morgan fingerprint density at radius 1 is 1.30 bits per heavy atom. The van der Waals surface area contributed by atoms with Gasteiger partial charge in [-0.15, -0.1) is 11.3 Å². The molecule has 3 rings (SSSR count). The quantitative estimate of drug-likeness (QED) is 0.787. The van der Waals surface area contributed by atoms with Gasteiger partial charge in [0.1, 0.15) is 0 Å². The Morgan fingerprint density at radius 3 is 2.65 bits per heavy atom. The van der Waals surface area contributed by atoms with Crippen molar-refractivity contribution in [1.82, 2.24) is 9.38 Å². The molecule has 4 nitrogen and oxygen atoms in total. The molecule has 1 aromatic carbocycles. The summed E-state index contributed by atoms with van der Waals surface area (Å²) in [5.74, 6) is 0. The zero-order valence-electron chi connectivity index (χ0n) is 11.3. The monoisotopic (exact) mass is 285 g/mol. The number of fused-ring (bicyclic) bond motifs is 1. The maximum Gasteiger partial charge on any atom is 0.266 e. The lowest BCUT2D eigenvalue weighted by Gasteiger charge is -2.12. The number of aryl methyl sites for hydroxylation is 1. The van der Waals surface area contributed by atoms with Gasteiger partial charge >= 0.3 is 0 Å². The number of hydrogen-bond acceptors (Lipinski definition) is 4. The number of thiazole rings is 1. The predicted octanol–water partition coefficient (Wildman–Crippen LogP) is 2.75. The highest BCUT2D eigenvalue weighted by Gasteiger charge is 2.18. The minimum Gasteiger partial charge on any atom is -0.323 e. The minimum atomic E-state index is -0.287. The second kappa shape index (κ2) is 4.85. The third-order valence-electron chi connectivity index (χ3n) is 3.26. The van der Waals surface area contributed by atoms with Crippen molar-refractivity contribution in [3.05, 3.63) is 57.5 Å². The molecule has 0 saturated carbocycles. The van der Waals surface area contributed by atoms with E-state index in [1.165, 1.54) is 11.3 Å². The first kappa shape index (κ1) is 13.0. The van der Waals surface area contributed by atoms with Crippen LogP contribution in [0.3, 0.4) is 0 Å². The third-order valence-corrected chi connectivity index (χ3v) is 4.21. The Balaban J connectivity index is 2.45. The van der Waals surface area contributed by atoms with Crippen molar-refractivity contribution in [3.63, 3.8) is 0 Å². The molecule has 0 saturated heterocycles. The van der Waals surface area contributed by atoms with Gasteiger partial charge in [-0.05, 0) is 19.4 Å². The van der Waals surface area contributed by atoms with Gasteiger partial charge in [-0.25, -0.2) is 4.98 Å². The van der Waals surface area contributed by atoms with E-state index >= 15 is 0 Å². The normalized spacial score (nSPS) is 12.8. The van der Waals surface area contributed by atoms with Crippen LogP contribution in [0, 0.1) is 6.92 Å². The fourth-order valence-electron chi connectivity index (χ4n) is 2.30. The molecule has 1 unspecified atom stereocenters. The molecule has 0 fully saturated rings. The van der Waals surface area contributed by atoms with E-state index in [9.17, 15) is 4.79 Å². The van der Waals surface area contributed by atoms with E-state index in [0.29, 0.717) is 16.2 Å². The molecule has 0 spiro atoms.